The third-order valence-electron chi connectivity index (χ3n) is 8.03. The Morgan fingerprint density at radius 3 is 2.11 bits per heavy atom. The van der Waals surface area contributed by atoms with Crippen LogP contribution in [0.3, 0.4) is 0 Å². The van der Waals surface area contributed by atoms with E-state index in [-0.39, 0.29) is 18.6 Å². The number of fused-ring (bicyclic) bond motifs is 14. The van der Waals surface area contributed by atoms with Crippen LogP contribution >= 0.6 is 0 Å². The van der Waals surface area contributed by atoms with E-state index < -0.39 is 17.8 Å². The fraction of sp³-hybridized carbons (Fsp3) is 0.667. The molecule has 1 unspecified atom stereocenters. The summed E-state index contributed by atoms with van der Waals surface area (Å²) in [6.07, 6.45) is 23.0. The van der Waals surface area contributed by atoms with Crippen LogP contribution in [-0.2, 0) is 25.5 Å². The normalized spacial score (nSPS) is 14.7. The standard InChI is InChI=1S/C21H38O4.C19H23NO4.C3H8.C2H6/c1-3-4-5-9-12-15-20(23)16-13-10-7-6-8-11-14-17-21(24,25)18-19(2)22;21-15-20-18-14-16-8-10-17(11-9-16)23-12-6-4-2-1-3-5-7-13-24-19(18)22;1-3-2;1-2/h11,14,22,24-25H,2-10,12-13,15-18H2,1H3;8-11,15,18H,1-3,5,7,12-14H2,(H,20,21);3H2,1-2H3;1-2H3/b14-11+;;;. The van der Waals surface area contributed by atoms with Crippen molar-refractivity contribution < 1.29 is 39.2 Å². The van der Waals surface area contributed by atoms with Gasteiger partial charge in [-0.05, 0) is 56.2 Å². The molecule has 2 heterocycles. The van der Waals surface area contributed by atoms with Crippen LogP contribution in [0, 0.1) is 11.8 Å². The van der Waals surface area contributed by atoms with Gasteiger partial charge in [0.05, 0.1) is 18.8 Å². The summed E-state index contributed by atoms with van der Waals surface area (Å²) < 4.78 is 10.8. The van der Waals surface area contributed by atoms with Crippen LogP contribution in [0.25, 0.3) is 0 Å². The van der Waals surface area contributed by atoms with Gasteiger partial charge >= 0.3 is 5.97 Å². The maximum Gasteiger partial charge on any atom is 0.328 e. The Bertz CT molecular complexity index is 1170. The van der Waals surface area contributed by atoms with Gasteiger partial charge in [-0.3, -0.25) is 9.59 Å². The molecule has 0 saturated carbocycles. The number of ether oxygens (including phenoxy) is 2. The maximum atomic E-state index is 12.1. The van der Waals surface area contributed by atoms with Crippen molar-refractivity contribution in [2.75, 3.05) is 13.2 Å². The number of rotatable bonds is 19. The van der Waals surface area contributed by atoms with E-state index in [0.29, 0.717) is 38.2 Å². The molecular formula is C45H75NO8. The Morgan fingerprint density at radius 2 is 1.50 bits per heavy atom. The van der Waals surface area contributed by atoms with Crippen LogP contribution in [0.15, 0.2) is 48.8 Å². The third-order valence-corrected chi connectivity index (χ3v) is 8.03. The molecular weight excluding hydrogens is 682 g/mol. The van der Waals surface area contributed by atoms with Crippen molar-refractivity contribution in [1.82, 2.24) is 5.32 Å². The molecule has 2 aliphatic rings. The molecule has 4 N–H and O–H groups in total. The highest BCUT2D eigenvalue weighted by molar-refractivity contribution is 5.78. The second kappa shape index (κ2) is 37.7. The minimum Gasteiger partial charge on any atom is -0.513 e. The molecule has 308 valence electrons. The van der Waals surface area contributed by atoms with Gasteiger partial charge in [0.2, 0.25) is 6.41 Å². The highest BCUT2D eigenvalue weighted by atomic mass is 16.5. The third kappa shape index (κ3) is 34.2. The van der Waals surface area contributed by atoms with Crippen LogP contribution < -0.4 is 10.1 Å². The van der Waals surface area contributed by atoms with E-state index in [2.05, 4.69) is 44.5 Å². The number of carbonyl (C=O) groups is 3. The summed E-state index contributed by atoms with van der Waals surface area (Å²) in [5.41, 5.74) is 0.922. The number of nitrogens with one attached hydrogen (secondary N) is 1. The van der Waals surface area contributed by atoms with Crippen LogP contribution in [-0.4, -0.2) is 58.5 Å². The fourth-order valence-electron chi connectivity index (χ4n) is 5.23. The van der Waals surface area contributed by atoms with Crippen LogP contribution in [0.5, 0.6) is 5.75 Å². The van der Waals surface area contributed by atoms with Crippen molar-refractivity contribution >= 4 is 18.2 Å². The van der Waals surface area contributed by atoms with Crippen molar-refractivity contribution in [1.29, 1.82) is 0 Å². The SMILES string of the molecule is C=C(O)CC(O)(O)C/C=C/CCCCCCC(=O)CCCCCCC.CC.CCC.O=CNC1Cc2ccc(cc2)OCC#CCCCCCCOC1=O. The zero-order chi connectivity index (χ0) is 40.7. The van der Waals surface area contributed by atoms with E-state index in [4.69, 9.17) is 14.6 Å². The molecule has 1 aromatic rings. The molecule has 0 radical (unpaired) electrons. The van der Waals surface area contributed by atoms with E-state index >= 15 is 0 Å². The first-order valence-electron chi connectivity index (χ1n) is 20.6. The molecule has 2 bridgehead atoms. The topological polar surface area (TPSA) is 142 Å². The Hall–Kier alpha value is -3.61. The molecule has 0 spiro atoms. The molecule has 9 heteroatoms. The number of aliphatic hydroxyl groups excluding tert-OH is 1. The molecule has 1 atom stereocenters. The summed E-state index contributed by atoms with van der Waals surface area (Å²) in [7, 11) is 0. The van der Waals surface area contributed by atoms with E-state index in [1.54, 1.807) is 6.08 Å². The first kappa shape index (κ1) is 52.5. The van der Waals surface area contributed by atoms with E-state index in [1.807, 2.05) is 44.2 Å². The van der Waals surface area contributed by atoms with Gasteiger partial charge in [0.25, 0.3) is 0 Å². The number of aliphatic hydroxyl groups is 3. The summed E-state index contributed by atoms with van der Waals surface area (Å²) in [6, 6.07) is 6.75. The van der Waals surface area contributed by atoms with Gasteiger partial charge in [-0.25, -0.2) is 4.79 Å². The van der Waals surface area contributed by atoms with E-state index in [1.165, 1.54) is 32.1 Å². The number of ketones is 1. The van der Waals surface area contributed by atoms with Crippen molar-refractivity contribution in [3.63, 3.8) is 0 Å². The lowest BCUT2D eigenvalue weighted by atomic mass is 10.0. The molecule has 0 aromatic heterocycles. The van der Waals surface area contributed by atoms with Gasteiger partial charge in [-0.1, -0.05) is 135 Å². The zero-order valence-corrected chi connectivity index (χ0v) is 34.5. The molecule has 0 saturated heterocycles. The quantitative estimate of drug-likeness (QED) is 0.0208. The van der Waals surface area contributed by atoms with Gasteiger partial charge < -0.3 is 30.1 Å². The highest BCUT2D eigenvalue weighted by Gasteiger charge is 2.22. The summed E-state index contributed by atoms with van der Waals surface area (Å²) in [6.45, 7) is 14.5. The molecule has 9 nitrogen and oxygen atoms in total. The lowest BCUT2D eigenvalue weighted by Gasteiger charge is -2.18. The number of Topliss-reactive ketones (excluding diaryl/α,β-unsaturated/α-hetero) is 1. The van der Waals surface area contributed by atoms with Gasteiger partial charge in [0.1, 0.15) is 24.2 Å². The molecule has 54 heavy (non-hydrogen) atoms. The van der Waals surface area contributed by atoms with Gasteiger partial charge in [0, 0.05) is 32.1 Å². The average Bonchev–Trinajstić information content (AvgIpc) is 3.14. The first-order chi connectivity index (χ1) is 26.1. The smallest absolute Gasteiger partial charge is 0.328 e. The van der Waals surface area contributed by atoms with E-state index in [9.17, 15) is 24.6 Å². The maximum absolute atomic E-state index is 12.1. The Kier molecular flexibility index (Phi) is 36.6. The van der Waals surface area contributed by atoms with Crippen LogP contribution in [0.4, 0.5) is 0 Å². The lowest BCUT2D eigenvalue weighted by molar-refractivity contribution is -0.159. The molecule has 0 fully saturated rings. The van der Waals surface area contributed by atoms with Crippen LogP contribution in [0.2, 0.25) is 0 Å². The molecule has 1 aromatic carbocycles. The predicted molar refractivity (Wildman–Crippen MR) is 221 cm³/mol. The second-order valence-electron chi connectivity index (χ2n) is 13.4. The van der Waals surface area contributed by atoms with Crippen molar-refractivity contribution in [3.8, 4) is 17.6 Å². The highest BCUT2D eigenvalue weighted by Crippen LogP contribution is 2.17. The van der Waals surface area contributed by atoms with Gasteiger partial charge in [-0.15, -0.1) is 0 Å². The largest absolute Gasteiger partial charge is 0.513 e. The molecule has 2 aliphatic heterocycles. The summed E-state index contributed by atoms with van der Waals surface area (Å²) in [5, 5.41) is 30.6. The lowest BCUT2D eigenvalue weighted by Crippen LogP contribution is -2.39. The Labute approximate surface area is 328 Å². The van der Waals surface area contributed by atoms with E-state index in [0.717, 1.165) is 88.4 Å². The number of esters is 1. The summed E-state index contributed by atoms with van der Waals surface area (Å²) in [4.78, 5) is 34.6. The number of benzene rings is 1. The van der Waals surface area contributed by atoms with Crippen molar-refractivity contribution in [2.24, 2.45) is 0 Å². The fourth-order valence-corrected chi connectivity index (χ4v) is 5.23. The van der Waals surface area contributed by atoms with Crippen LogP contribution in [0.1, 0.15) is 169 Å². The minimum absolute atomic E-state index is 0.0827. The van der Waals surface area contributed by atoms with Gasteiger partial charge in [0.15, 0.2) is 5.79 Å². The zero-order valence-electron chi connectivity index (χ0n) is 34.5. The number of hydrogen-bond donors (Lipinski definition) is 4. The molecule has 3 rings (SSSR count). The minimum atomic E-state index is -1.92. The number of unbranched alkanes of at least 4 members (excludes halogenated alkanes) is 8. The number of carbonyl (C=O) groups excluding carboxylic acids is 3. The summed E-state index contributed by atoms with van der Waals surface area (Å²) >= 11 is 0. The molecule has 1 amide bonds. The molecule has 0 aliphatic carbocycles. The van der Waals surface area contributed by atoms with Crippen molar-refractivity contribution in [2.45, 2.75) is 181 Å². The average molecular weight is 758 g/mol. The monoisotopic (exact) mass is 758 g/mol. The summed E-state index contributed by atoms with van der Waals surface area (Å²) in [5.74, 6) is 4.72. The number of allylic oxidation sites excluding steroid dienone is 1. The second-order valence-corrected chi connectivity index (χ2v) is 13.4. The first-order valence-corrected chi connectivity index (χ1v) is 20.6. The predicted octanol–water partition coefficient (Wildman–Crippen LogP) is 10.0. The Balaban J connectivity index is 0. The number of amides is 1. The number of hydrogen-bond acceptors (Lipinski definition) is 8. The van der Waals surface area contributed by atoms with Gasteiger partial charge in [-0.2, -0.15) is 0 Å². The Morgan fingerprint density at radius 1 is 0.889 bits per heavy atom. The van der Waals surface area contributed by atoms with Crippen molar-refractivity contribution in [3.05, 3.63) is 54.3 Å².